The van der Waals surface area contributed by atoms with E-state index >= 15 is 0 Å². The van der Waals surface area contributed by atoms with Crippen molar-refractivity contribution in [2.75, 3.05) is 4.31 Å². The minimum Gasteiger partial charge on any atom is -0.480 e. The number of carboxylic acid groups (broad SMARTS) is 1. The highest BCUT2D eigenvalue weighted by molar-refractivity contribution is 7.93. The maximum Gasteiger partial charge on any atom is 0.327 e. The summed E-state index contributed by atoms with van der Waals surface area (Å²) in [5.74, 6) is -2.11. The Morgan fingerprint density at radius 2 is 1.88 bits per heavy atom. The highest BCUT2D eigenvalue weighted by atomic mass is 35.5. The molecule has 0 spiro atoms. The van der Waals surface area contributed by atoms with E-state index in [1.54, 1.807) is 0 Å². The Kier molecular flexibility index (Phi) is 5.37. The summed E-state index contributed by atoms with van der Waals surface area (Å²) in [5, 5.41) is 9.24. The number of halogens is 3. The van der Waals surface area contributed by atoms with Crippen LogP contribution in [0, 0.1) is 5.82 Å². The number of rotatable bonds is 5. The van der Waals surface area contributed by atoms with Crippen molar-refractivity contribution in [1.29, 1.82) is 0 Å². The van der Waals surface area contributed by atoms with Crippen molar-refractivity contribution in [2.45, 2.75) is 17.9 Å². The molecule has 24 heavy (non-hydrogen) atoms. The number of nitrogens with zero attached hydrogens (tertiary/aromatic N) is 1. The number of carbonyl (C=O) groups is 1. The molecule has 0 radical (unpaired) electrons. The quantitative estimate of drug-likeness (QED) is 0.840. The second kappa shape index (κ2) is 6.96. The molecule has 9 heteroatoms. The van der Waals surface area contributed by atoms with Crippen LogP contribution in [0.4, 0.5) is 10.1 Å². The molecule has 0 saturated carbocycles. The maximum absolute atomic E-state index is 13.5. The van der Waals surface area contributed by atoms with Crippen LogP contribution < -0.4 is 4.31 Å². The topological polar surface area (TPSA) is 74.7 Å². The highest BCUT2D eigenvalue weighted by Crippen LogP contribution is 2.32. The average Bonchev–Trinajstić information content (AvgIpc) is 2.49. The van der Waals surface area contributed by atoms with Gasteiger partial charge in [0, 0.05) is 5.02 Å². The molecule has 0 fully saturated rings. The number of benzene rings is 2. The molecule has 0 aliphatic rings. The van der Waals surface area contributed by atoms with Crippen molar-refractivity contribution in [3.8, 4) is 0 Å². The Morgan fingerprint density at radius 1 is 1.21 bits per heavy atom. The minimum atomic E-state index is -4.40. The first kappa shape index (κ1) is 18.5. The standard InChI is InChI=1S/C15H12Cl2FNO4S/c1-9(15(20)21)19(12-4-2-3-11(18)8-12)24(22,23)14-7-10(16)5-6-13(14)17/h2-9H,1H3,(H,20,21). The van der Waals surface area contributed by atoms with Crippen LogP contribution in [0.5, 0.6) is 0 Å². The second-order valence-electron chi connectivity index (χ2n) is 4.87. The third-order valence-corrected chi connectivity index (χ3v) is 5.82. The van der Waals surface area contributed by atoms with Gasteiger partial charge in [-0.15, -0.1) is 0 Å². The van der Waals surface area contributed by atoms with Crippen LogP contribution in [0.1, 0.15) is 6.92 Å². The molecule has 0 heterocycles. The van der Waals surface area contributed by atoms with Gasteiger partial charge in [-0.25, -0.2) is 17.6 Å². The summed E-state index contributed by atoms with van der Waals surface area (Å²) in [6.45, 7) is 1.17. The number of sulfonamides is 1. The van der Waals surface area contributed by atoms with Gasteiger partial charge in [-0.2, -0.15) is 0 Å². The van der Waals surface area contributed by atoms with Gasteiger partial charge in [0.05, 0.1) is 10.7 Å². The lowest BCUT2D eigenvalue weighted by molar-refractivity contribution is -0.137. The van der Waals surface area contributed by atoms with Crippen LogP contribution in [0.15, 0.2) is 47.4 Å². The average molecular weight is 392 g/mol. The first-order valence-corrected chi connectivity index (χ1v) is 8.82. The fourth-order valence-corrected chi connectivity index (χ4v) is 4.41. The van der Waals surface area contributed by atoms with Gasteiger partial charge in [0.2, 0.25) is 0 Å². The summed E-state index contributed by atoms with van der Waals surface area (Å²) in [6.07, 6.45) is 0. The molecule has 0 saturated heterocycles. The lowest BCUT2D eigenvalue weighted by atomic mass is 10.2. The summed E-state index contributed by atoms with van der Waals surface area (Å²) >= 11 is 11.8. The van der Waals surface area contributed by atoms with Gasteiger partial charge in [-0.1, -0.05) is 29.3 Å². The zero-order chi connectivity index (χ0) is 18.1. The summed E-state index contributed by atoms with van der Waals surface area (Å²) in [7, 11) is -4.40. The van der Waals surface area contributed by atoms with E-state index < -0.39 is 27.9 Å². The molecule has 2 aromatic rings. The van der Waals surface area contributed by atoms with E-state index in [0.717, 1.165) is 18.2 Å². The van der Waals surface area contributed by atoms with Gasteiger partial charge >= 0.3 is 5.97 Å². The monoisotopic (exact) mass is 391 g/mol. The normalized spacial score (nSPS) is 12.7. The molecule has 0 bridgehead atoms. The van der Waals surface area contributed by atoms with E-state index in [2.05, 4.69) is 0 Å². The summed E-state index contributed by atoms with van der Waals surface area (Å²) in [4.78, 5) is 11.0. The van der Waals surface area contributed by atoms with E-state index in [9.17, 15) is 22.7 Å². The summed E-state index contributed by atoms with van der Waals surface area (Å²) < 4.78 is 40.0. The minimum absolute atomic E-state index is 0.111. The Morgan fingerprint density at radius 3 is 2.46 bits per heavy atom. The van der Waals surface area contributed by atoms with E-state index in [-0.39, 0.29) is 20.6 Å². The molecule has 5 nitrogen and oxygen atoms in total. The molecular formula is C15H12Cl2FNO4S. The van der Waals surface area contributed by atoms with E-state index in [0.29, 0.717) is 4.31 Å². The Hall–Kier alpha value is -1.83. The van der Waals surface area contributed by atoms with Gasteiger partial charge in [0.25, 0.3) is 10.0 Å². The fraction of sp³-hybridized carbons (Fsp3) is 0.133. The van der Waals surface area contributed by atoms with Crippen molar-refractivity contribution in [2.24, 2.45) is 0 Å². The Bertz CT molecular complexity index is 889. The predicted molar refractivity (Wildman–Crippen MR) is 89.6 cm³/mol. The zero-order valence-electron chi connectivity index (χ0n) is 12.3. The first-order chi connectivity index (χ1) is 11.1. The highest BCUT2D eigenvalue weighted by Gasteiger charge is 2.35. The molecule has 0 amide bonds. The first-order valence-electron chi connectivity index (χ1n) is 6.62. The van der Waals surface area contributed by atoms with Crippen molar-refractivity contribution in [1.82, 2.24) is 0 Å². The van der Waals surface area contributed by atoms with Gasteiger partial charge in [-0.05, 0) is 43.3 Å². The molecule has 2 aromatic carbocycles. The third-order valence-electron chi connectivity index (χ3n) is 3.20. The molecule has 1 atom stereocenters. The molecule has 1 N–H and O–H groups in total. The molecule has 0 aliphatic carbocycles. The van der Waals surface area contributed by atoms with Gasteiger partial charge in [0.15, 0.2) is 0 Å². The lowest BCUT2D eigenvalue weighted by Gasteiger charge is -2.28. The summed E-state index contributed by atoms with van der Waals surface area (Å²) in [6, 6.07) is 6.91. The molecule has 1 unspecified atom stereocenters. The number of hydrogen-bond donors (Lipinski definition) is 1. The van der Waals surface area contributed by atoms with Crippen molar-refractivity contribution < 1.29 is 22.7 Å². The SMILES string of the molecule is CC(C(=O)O)N(c1cccc(F)c1)S(=O)(=O)c1cc(Cl)ccc1Cl. The third kappa shape index (κ3) is 3.63. The zero-order valence-corrected chi connectivity index (χ0v) is 14.6. The van der Waals surface area contributed by atoms with Crippen molar-refractivity contribution >= 4 is 44.9 Å². The molecule has 2 rings (SSSR count). The number of hydrogen-bond acceptors (Lipinski definition) is 3. The molecule has 128 valence electrons. The Labute approximate surface area is 148 Å². The smallest absolute Gasteiger partial charge is 0.327 e. The van der Waals surface area contributed by atoms with Crippen LogP contribution in [0.2, 0.25) is 10.0 Å². The number of anilines is 1. The van der Waals surface area contributed by atoms with Gasteiger partial charge in [0.1, 0.15) is 16.8 Å². The molecule has 0 aliphatic heterocycles. The number of aliphatic carboxylic acids is 1. The molecule has 0 aromatic heterocycles. The van der Waals surface area contributed by atoms with E-state index in [1.807, 2.05) is 0 Å². The lowest BCUT2D eigenvalue weighted by Crippen LogP contribution is -2.43. The summed E-state index contributed by atoms with van der Waals surface area (Å²) in [5.41, 5.74) is -0.138. The van der Waals surface area contributed by atoms with Crippen LogP contribution in [-0.4, -0.2) is 25.5 Å². The van der Waals surface area contributed by atoms with E-state index in [4.69, 9.17) is 23.2 Å². The largest absolute Gasteiger partial charge is 0.480 e. The number of carboxylic acids is 1. The van der Waals surface area contributed by atoms with Crippen LogP contribution in [0.25, 0.3) is 0 Å². The van der Waals surface area contributed by atoms with Gasteiger partial charge < -0.3 is 5.11 Å². The predicted octanol–water partition coefficient (Wildman–Crippen LogP) is 3.80. The van der Waals surface area contributed by atoms with E-state index in [1.165, 1.54) is 31.2 Å². The van der Waals surface area contributed by atoms with Crippen molar-refractivity contribution in [3.63, 3.8) is 0 Å². The van der Waals surface area contributed by atoms with Crippen LogP contribution in [0.3, 0.4) is 0 Å². The fourth-order valence-electron chi connectivity index (χ4n) is 2.06. The molecular weight excluding hydrogens is 380 g/mol. The van der Waals surface area contributed by atoms with Crippen LogP contribution in [-0.2, 0) is 14.8 Å². The Balaban J connectivity index is 2.70. The van der Waals surface area contributed by atoms with Gasteiger partial charge in [-0.3, -0.25) is 4.31 Å². The van der Waals surface area contributed by atoms with Crippen LogP contribution >= 0.6 is 23.2 Å². The maximum atomic E-state index is 13.5. The second-order valence-corrected chi connectivity index (χ2v) is 7.50. The van der Waals surface area contributed by atoms with Crippen molar-refractivity contribution in [3.05, 3.63) is 58.3 Å².